The molecule has 0 unspecified atom stereocenters. The lowest BCUT2D eigenvalue weighted by Crippen LogP contribution is -2.42. The molecule has 0 aliphatic heterocycles. The number of benzene rings is 1. The molecule has 0 bridgehead atoms. The third kappa shape index (κ3) is 4.25. The number of nitrogens with two attached hydrogens (primary N) is 1. The maximum Gasteiger partial charge on any atom is 0.254 e. The number of rotatable bonds is 6. The highest BCUT2D eigenvalue weighted by atomic mass is 32.2. The summed E-state index contributed by atoms with van der Waals surface area (Å²) in [6.45, 7) is 8.13. The van der Waals surface area contributed by atoms with Crippen LogP contribution < -0.4 is 5.73 Å². The van der Waals surface area contributed by atoms with Gasteiger partial charge < -0.3 is 10.6 Å². The zero-order chi connectivity index (χ0) is 14.5. The fraction of sp³-hybridized carbons (Fsp3) is 0.533. The predicted octanol–water partition coefficient (Wildman–Crippen LogP) is 2.86. The van der Waals surface area contributed by atoms with Gasteiger partial charge in [-0.3, -0.25) is 4.79 Å². The van der Waals surface area contributed by atoms with E-state index in [9.17, 15) is 4.79 Å². The van der Waals surface area contributed by atoms with Gasteiger partial charge in [0.05, 0.1) is 5.56 Å². The fourth-order valence-electron chi connectivity index (χ4n) is 1.90. The van der Waals surface area contributed by atoms with E-state index in [4.69, 9.17) is 5.73 Å². The van der Waals surface area contributed by atoms with Crippen LogP contribution in [0.2, 0.25) is 0 Å². The van der Waals surface area contributed by atoms with Crippen molar-refractivity contribution in [1.29, 1.82) is 0 Å². The van der Waals surface area contributed by atoms with Gasteiger partial charge in [0.15, 0.2) is 0 Å². The predicted molar refractivity (Wildman–Crippen MR) is 82.6 cm³/mol. The molecule has 1 rings (SSSR count). The van der Waals surface area contributed by atoms with E-state index in [1.807, 2.05) is 42.3 Å². The second-order valence-corrected chi connectivity index (χ2v) is 6.24. The molecule has 0 saturated heterocycles. The Labute approximate surface area is 120 Å². The lowest BCUT2D eigenvalue weighted by atomic mass is 9.93. The SMILES string of the molecule is CCN(CC(C)(C)CN)C(=O)c1ccccc1SC. The number of hydrogen-bond donors (Lipinski definition) is 1. The van der Waals surface area contributed by atoms with Crippen LogP contribution in [0.1, 0.15) is 31.1 Å². The normalized spacial score (nSPS) is 11.4. The first-order valence-corrected chi connectivity index (χ1v) is 7.80. The van der Waals surface area contributed by atoms with E-state index in [1.54, 1.807) is 11.8 Å². The van der Waals surface area contributed by atoms with Crippen LogP contribution in [0.5, 0.6) is 0 Å². The third-order valence-electron chi connectivity index (χ3n) is 3.18. The van der Waals surface area contributed by atoms with E-state index < -0.39 is 0 Å². The Bertz CT molecular complexity index is 432. The maximum atomic E-state index is 12.6. The molecule has 0 aliphatic carbocycles. The summed E-state index contributed by atoms with van der Waals surface area (Å²) >= 11 is 1.60. The molecule has 0 aromatic heterocycles. The zero-order valence-corrected chi connectivity index (χ0v) is 13.1. The first-order valence-electron chi connectivity index (χ1n) is 6.57. The topological polar surface area (TPSA) is 46.3 Å². The summed E-state index contributed by atoms with van der Waals surface area (Å²) in [7, 11) is 0. The second-order valence-electron chi connectivity index (χ2n) is 5.39. The van der Waals surface area contributed by atoms with Crippen LogP contribution in [-0.2, 0) is 0 Å². The molecule has 4 heteroatoms. The minimum absolute atomic E-state index is 0.0556. The van der Waals surface area contributed by atoms with Gasteiger partial charge in [0.1, 0.15) is 0 Å². The Morgan fingerprint density at radius 1 is 1.37 bits per heavy atom. The van der Waals surface area contributed by atoms with Crippen molar-refractivity contribution in [3.63, 3.8) is 0 Å². The number of hydrogen-bond acceptors (Lipinski definition) is 3. The average molecular weight is 280 g/mol. The highest BCUT2D eigenvalue weighted by Crippen LogP contribution is 2.23. The van der Waals surface area contributed by atoms with Crippen LogP contribution in [-0.4, -0.2) is 36.7 Å². The van der Waals surface area contributed by atoms with Gasteiger partial charge >= 0.3 is 0 Å². The highest BCUT2D eigenvalue weighted by molar-refractivity contribution is 7.98. The van der Waals surface area contributed by atoms with Gasteiger partial charge in [0, 0.05) is 18.0 Å². The molecule has 3 nitrogen and oxygen atoms in total. The molecule has 106 valence electrons. The van der Waals surface area contributed by atoms with E-state index in [0.29, 0.717) is 19.6 Å². The molecule has 2 N–H and O–H groups in total. The molecule has 0 heterocycles. The summed E-state index contributed by atoms with van der Waals surface area (Å²) in [5, 5.41) is 0. The third-order valence-corrected chi connectivity index (χ3v) is 3.97. The molecular weight excluding hydrogens is 256 g/mol. The molecule has 0 atom stereocenters. The molecular formula is C15H24N2OS. The number of carbonyl (C=O) groups is 1. The van der Waals surface area contributed by atoms with Crippen LogP contribution in [0.15, 0.2) is 29.2 Å². The Morgan fingerprint density at radius 2 is 2.00 bits per heavy atom. The molecule has 0 fully saturated rings. The minimum Gasteiger partial charge on any atom is -0.338 e. The molecule has 1 aromatic rings. The number of nitrogens with zero attached hydrogens (tertiary/aromatic N) is 1. The Balaban J connectivity index is 2.96. The van der Waals surface area contributed by atoms with E-state index >= 15 is 0 Å². The minimum atomic E-state index is -0.0556. The van der Waals surface area contributed by atoms with Crippen molar-refractivity contribution in [2.45, 2.75) is 25.7 Å². The van der Waals surface area contributed by atoms with Gasteiger partial charge in [-0.2, -0.15) is 0 Å². The van der Waals surface area contributed by atoms with Crippen molar-refractivity contribution in [3.05, 3.63) is 29.8 Å². The van der Waals surface area contributed by atoms with Gasteiger partial charge in [0.2, 0.25) is 0 Å². The van der Waals surface area contributed by atoms with Crippen molar-refractivity contribution >= 4 is 17.7 Å². The quantitative estimate of drug-likeness (QED) is 0.815. The Hall–Kier alpha value is -1.00. The first kappa shape index (κ1) is 16.1. The summed E-state index contributed by atoms with van der Waals surface area (Å²) in [5.41, 5.74) is 6.49. The molecule has 19 heavy (non-hydrogen) atoms. The molecule has 1 amide bonds. The van der Waals surface area contributed by atoms with Crippen molar-refractivity contribution in [2.75, 3.05) is 25.9 Å². The maximum absolute atomic E-state index is 12.6. The lowest BCUT2D eigenvalue weighted by molar-refractivity contribution is 0.0697. The van der Waals surface area contributed by atoms with Gasteiger partial charge in [-0.05, 0) is 37.3 Å². The molecule has 0 saturated carbocycles. The number of amides is 1. The zero-order valence-electron chi connectivity index (χ0n) is 12.3. The number of carbonyl (C=O) groups excluding carboxylic acids is 1. The van der Waals surface area contributed by atoms with Crippen molar-refractivity contribution in [2.24, 2.45) is 11.1 Å². The van der Waals surface area contributed by atoms with E-state index in [0.717, 1.165) is 10.5 Å². The summed E-state index contributed by atoms with van der Waals surface area (Å²) < 4.78 is 0. The monoisotopic (exact) mass is 280 g/mol. The fourth-order valence-corrected chi connectivity index (χ4v) is 2.49. The van der Waals surface area contributed by atoms with Gasteiger partial charge in [-0.25, -0.2) is 0 Å². The Morgan fingerprint density at radius 3 is 2.53 bits per heavy atom. The van der Waals surface area contributed by atoms with E-state index in [-0.39, 0.29) is 11.3 Å². The highest BCUT2D eigenvalue weighted by Gasteiger charge is 2.24. The molecule has 0 aliphatic rings. The van der Waals surface area contributed by atoms with Crippen molar-refractivity contribution in [3.8, 4) is 0 Å². The molecule has 0 spiro atoms. The van der Waals surface area contributed by atoms with Crippen LogP contribution in [0.3, 0.4) is 0 Å². The first-order chi connectivity index (χ1) is 8.95. The number of thioether (sulfide) groups is 1. The van der Waals surface area contributed by atoms with Crippen LogP contribution in [0, 0.1) is 5.41 Å². The van der Waals surface area contributed by atoms with Crippen LogP contribution in [0.25, 0.3) is 0 Å². The lowest BCUT2D eigenvalue weighted by Gasteiger charge is -2.31. The summed E-state index contributed by atoms with van der Waals surface area (Å²) in [6.07, 6.45) is 1.99. The summed E-state index contributed by atoms with van der Waals surface area (Å²) in [5.74, 6) is 0.0916. The van der Waals surface area contributed by atoms with E-state index in [2.05, 4.69) is 13.8 Å². The van der Waals surface area contributed by atoms with Crippen molar-refractivity contribution in [1.82, 2.24) is 4.90 Å². The van der Waals surface area contributed by atoms with Gasteiger partial charge in [0.25, 0.3) is 5.91 Å². The second kappa shape index (κ2) is 6.96. The summed E-state index contributed by atoms with van der Waals surface area (Å²) in [6, 6.07) is 7.75. The Kier molecular flexibility index (Phi) is 5.88. The van der Waals surface area contributed by atoms with Crippen LogP contribution in [0.4, 0.5) is 0 Å². The molecule has 1 aromatic carbocycles. The smallest absolute Gasteiger partial charge is 0.254 e. The summed E-state index contributed by atoms with van der Waals surface area (Å²) in [4.78, 5) is 15.5. The van der Waals surface area contributed by atoms with Crippen molar-refractivity contribution < 1.29 is 4.79 Å². The van der Waals surface area contributed by atoms with E-state index in [1.165, 1.54) is 0 Å². The van der Waals surface area contributed by atoms with Gasteiger partial charge in [-0.1, -0.05) is 26.0 Å². The standard InChI is InChI=1S/C15H24N2OS/c1-5-17(11-15(2,3)10-16)14(18)12-8-6-7-9-13(12)19-4/h6-9H,5,10-11,16H2,1-4H3. The average Bonchev–Trinajstić information content (AvgIpc) is 2.44. The molecule has 0 radical (unpaired) electrons. The van der Waals surface area contributed by atoms with Gasteiger partial charge in [-0.15, -0.1) is 11.8 Å². The van der Waals surface area contributed by atoms with Crippen LogP contribution >= 0.6 is 11.8 Å². The largest absolute Gasteiger partial charge is 0.338 e.